The maximum atomic E-state index is 12.4. The van der Waals surface area contributed by atoms with Crippen LogP contribution in [0.1, 0.15) is 18.4 Å². The van der Waals surface area contributed by atoms with Gasteiger partial charge in [-0.1, -0.05) is 41.4 Å². The summed E-state index contributed by atoms with van der Waals surface area (Å²) in [6.07, 6.45) is 0.732. The molecule has 0 saturated heterocycles. The molecule has 2 aromatic rings. The smallest absolute Gasteiger partial charge is 0.242 e. The molecule has 2 rings (SSSR count). The SMILES string of the molecule is CN(C)S(=O)(=O)c1ccccc1CNC(=O)CCCOc1ccc(Cl)cc1Cl. The first-order valence-electron chi connectivity index (χ1n) is 8.57. The summed E-state index contributed by atoms with van der Waals surface area (Å²) >= 11 is 11.8. The second-order valence-corrected chi connectivity index (χ2v) is 9.16. The van der Waals surface area contributed by atoms with Crippen molar-refractivity contribution < 1.29 is 17.9 Å². The summed E-state index contributed by atoms with van der Waals surface area (Å²) in [5.74, 6) is 0.317. The Morgan fingerprint density at radius 3 is 2.54 bits per heavy atom. The summed E-state index contributed by atoms with van der Waals surface area (Å²) < 4.78 is 31.4. The Kier molecular flexibility index (Phi) is 8.12. The fourth-order valence-electron chi connectivity index (χ4n) is 2.39. The number of ether oxygens (including phenoxy) is 1. The van der Waals surface area contributed by atoms with Crippen LogP contribution in [0.4, 0.5) is 0 Å². The molecule has 0 aliphatic heterocycles. The van der Waals surface area contributed by atoms with E-state index in [1.165, 1.54) is 20.2 Å². The molecule has 0 radical (unpaired) electrons. The van der Waals surface area contributed by atoms with Gasteiger partial charge in [0.25, 0.3) is 0 Å². The minimum absolute atomic E-state index is 0.131. The van der Waals surface area contributed by atoms with Crippen LogP contribution in [0.5, 0.6) is 5.75 Å². The van der Waals surface area contributed by atoms with Gasteiger partial charge in [-0.2, -0.15) is 0 Å². The van der Waals surface area contributed by atoms with E-state index in [0.29, 0.717) is 34.4 Å². The lowest BCUT2D eigenvalue weighted by Crippen LogP contribution is -2.27. The van der Waals surface area contributed by atoms with Crippen molar-refractivity contribution in [1.29, 1.82) is 0 Å². The van der Waals surface area contributed by atoms with Crippen molar-refractivity contribution in [2.75, 3.05) is 20.7 Å². The summed E-state index contributed by atoms with van der Waals surface area (Å²) in [5, 5.41) is 3.68. The van der Waals surface area contributed by atoms with Crippen molar-refractivity contribution in [1.82, 2.24) is 9.62 Å². The van der Waals surface area contributed by atoms with Gasteiger partial charge in [-0.15, -0.1) is 0 Å². The number of rotatable bonds is 9. The fourth-order valence-corrected chi connectivity index (χ4v) is 3.97. The zero-order valence-corrected chi connectivity index (χ0v) is 17.9. The second kappa shape index (κ2) is 10.1. The Morgan fingerprint density at radius 2 is 1.86 bits per heavy atom. The third kappa shape index (κ3) is 6.10. The number of nitrogens with zero attached hydrogens (tertiary/aromatic N) is 1. The van der Waals surface area contributed by atoms with Crippen LogP contribution in [0.15, 0.2) is 47.4 Å². The van der Waals surface area contributed by atoms with E-state index in [9.17, 15) is 13.2 Å². The van der Waals surface area contributed by atoms with Gasteiger partial charge < -0.3 is 10.1 Å². The van der Waals surface area contributed by atoms with E-state index < -0.39 is 10.0 Å². The first kappa shape index (κ1) is 22.5. The van der Waals surface area contributed by atoms with Gasteiger partial charge in [0.2, 0.25) is 15.9 Å². The Balaban J connectivity index is 1.83. The summed E-state index contributed by atoms with van der Waals surface area (Å²) in [5.41, 5.74) is 0.536. The summed E-state index contributed by atoms with van der Waals surface area (Å²) in [6, 6.07) is 11.5. The van der Waals surface area contributed by atoms with Crippen molar-refractivity contribution in [2.45, 2.75) is 24.3 Å². The number of nitrogens with one attached hydrogen (secondary N) is 1. The molecule has 0 unspecified atom stereocenters. The van der Waals surface area contributed by atoms with Crippen LogP contribution in [-0.2, 0) is 21.4 Å². The number of sulfonamides is 1. The van der Waals surface area contributed by atoms with Crippen molar-refractivity contribution >= 4 is 39.1 Å². The Hall–Kier alpha value is -1.80. The maximum Gasteiger partial charge on any atom is 0.242 e. The molecule has 0 aromatic heterocycles. The van der Waals surface area contributed by atoms with Crippen LogP contribution in [0.3, 0.4) is 0 Å². The standard InChI is InChI=1S/C19H22Cl2N2O4S/c1-23(2)28(25,26)18-7-4-3-6-14(18)13-22-19(24)8-5-11-27-17-10-9-15(20)12-16(17)21/h3-4,6-7,9-10,12H,5,8,11,13H2,1-2H3,(H,22,24). The average Bonchev–Trinajstić information content (AvgIpc) is 2.65. The lowest BCUT2D eigenvalue weighted by molar-refractivity contribution is -0.121. The van der Waals surface area contributed by atoms with E-state index in [1.807, 2.05) is 0 Å². The van der Waals surface area contributed by atoms with E-state index in [0.717, 1.165) is 4.31 Å². The Morgan fingerprint density at radius 1 is 1.14 bits per heavy atom. The third-order valence-electron chi connectivity index (χ3n) is 3.91. The van der Waals surface area contributed by atoms with Gasteiger partial charge in [0.15, 0.2) is 0 Å². The topological polar surface area (TPSA) is 75.7 Å². The predicted molar refractivity (Wildman–Crippen MR) is 110 cm³/mol. The summed E-state index contributed by atoms with van der Waals surface area (Å²) in [4.78, 5) is 12.2. The van der Waals surface area contributed by atoms with E-state index in [2.05, 4.69) is 5.32 Å². The number of hydrogen-bond acceptors (Lipinski definition) is 4. The highest BCUT2D eigenvalue weighted by atomic mass is 35.5. The van der Waals surface area contributed by atoms with Crippen LogP contribution in [0.25, 0.3) is 0 Å². The molecule has 0 aliphatic carbocycles. The molecule has 0 heterocycles. The highest BCUT2D eigenvalue weighted by Crippen LogP contribution is 2.27. The third-order valence-corrected chi connectivity index (χ3v) is 6.35. The molecule has 0 bridgehead atoms. The number of amides is 1. The molecule has 152 valence electrons. The van der Waals surface area contributed by atoms with Crippen LogP contribution in [-0.4, -0.2) is 39.3 Å². The minimum atomic E-state index is -3.57. The molecule has 6 nitrogen and oxygen atoms in total. The van der Waals surface area contributed by atoms with Gasteiger partial charge in [0.05, 0.1) is 16.5 Å². The van der Waals surface area contributed by atoms with Gasteiger partial charge in [-0.25, -0.2) is 12.7 Å². The normalized spacial score (nSPS) is 11.5. The summed E-state index contributed by atoms with van der Waals surface area (Å²) in [7, 11) is -0.634. The molecular weight excluding hydrogens is 423 g/mol. The molecule has 28 heavy (non-hydrogen) atoms. The summed E-state index contributed by atoms with van der Waals surface area (Å²) in [6.45, 7) is 0.451. The quantitative estimate of drug-likeness (QED) is 0.597. The van der Waals surface area contributed by atoms with Crippen molar-refractivity contribution in [3.63, 3.8) is 0 Å². The highest BCUT2D eigenvalue weighted by molar-refractivity contribution is 7.89. The second-order valence-electron chi connectivity index (χ2n) is 6.20. The Labute approximate surface area is 175 Å². The molecule has 0 spiro atoms. The van der Waals surface area contributed by atoms with E-state index in [1.54, 1.807) is 36.4 Å². The predicted octanol–water partition coefficient (Wildman–Crippen LogP) is 3.72. The molecular formula is C19H22Cl2N2O4S. The molecule has 0 aliphatic rings. The van der Waals surface area contributed by atoms with E-state index in [-0.39, 0.29) is 23.8 Å². The molecule has 1 amide bonds. The van der Waals surface area contributed by atoms with Crippen molar-refractivity contribution in [2.24, 2.45) is 0 Å². The number of carbonyl (C=O) groups excluding carboxylic acids is 1. The maximum absolute atomic E-state index is 12.4. The van der Waals surface area contributed by atoms with E-state index in [4.69, 9.17) is 27.9 Å². The Bertz CT molecular complexity index is 933. The lowest BCUT2D eigenvalue weighted by Gasteiger charge is -2.15. The van der Waals surface area contributed by atoms with Crippen LogP contribution < -0.4 is 10.1 Å². The van der Waals surface area contributed by atoms with E-state index >= 15 is 0 Å². The highest BCUT2D eigenvalue weighted by Gasteiger charge is 2.20. The van der Waals surface area contributed by atoms with Crippen molar-refractivity contribution in [3.05, 3.63) is 58.1 Å². The van der Waals surface area contributed by atoms with Gasteiger partial charge in [-0.05, 0) is 36.2 Å². The zero-order chi connectivity index (χ0) is 20.7. The van der Waals surface area contributed by atoms with Gasteiger partial charge in [0.1, 0.15) is 5.75 Å². The number of benzene rings is 2. The fraction of sp³-hybridized carbons (Fsp3) is 0.316. The average molecular weight is 445 g/mol. The van der Waals surface area contributed by atoms with Crippen LogP contribution >= 0.6 is 23.2 Å². The van der Waals surface area contributed by atoms with Gasteiger partial charge in [-0.3, -0.25) is 4.79 Å². The zero-order valence-electron chi connectivity index (χ0n) is 15.6. The molecule has 0 fully saturated rings. The molecule has 2 aromatic carbocycles. The minimum Gasteiger partial charge on any atom is -0.492 e. The molecule has 0 saturated carbocycles. The lowest BCUT2D eigenvalue weighted by atomic mass is 10.2. The first-order valence-corrected chi connectivity index (χ1v) is 10.8. The van der Waals surface area contributed by atoms with Crippen molar-refractivity contribution in [3.8, 4) is 5.75 Å². The molecule has 9 heteroatoms. The first-order chi connectivity index (χ1) is 13.2. The largest absolute Gasteiger partial charge is 0.492 e. The molecule has 1 N–H and O–H groups in total. The number of hydrogen-bond donors (Lipinski definition) is 1. The van der Waals surface area contributed by atoms with Crippen LogP contribution in [0, 0.1) is 0 Å². The van der Waals surface area contributed by atoms with Gasteiger partial charge >= 0.3 is 0 Å². The number of carbonyl (C=O) groups is 1. The van der Waals surface area contributed by atoms with Crippen LogP contribution in [0.2, 0.25) is 10.0 Å². The number of halogens is 2. The monoisotopic (exact) mass is 444 g/mol. The van der Waals surface area contributed by atoms with Gasteiger partial charge in [0, 0.05) is 32.1 Å². The molecule has 0 atom stereocenters.